The van der Waals surface area contributed by atoms with E-state index in [0.717, 1.165) is 23.5 Å². The Morgan fingerprint density at radius 2 is 1.69 bits per heavy atom. The Labute approximate surface area is 93.7 Å². The first-order valence-electron chi connectivity index (χ1n) is 4.83. The molecule has 0 aliphatic heterocycles. The maximum Gasteiger partial charge on any atom is 0.328 e. The predicted molar refractivity (Wildman–Crippen MR) is 62.8 cm³/mol. The average molecular weight is 216 g/mol. The number of hydrogen-bond donors (Lipinski definition) is 1. The Balaban J connectivity index is 2.67. The van der Waals surface area contributed by atoms with Crippen molar-refractivity contribution in [2.45, 2.75) is 6.42 Å². The number of carbonyl (C=O) groups is 2. The van der Waals surface area contributed by atoms with Crippen molar-refractivity contribution in [2.24, 2.45) is 0 Å². The molecule has 0 atom stereocenters. The zero-order valence-electron chi connectivity index (χ0n) is 8.67. The molecule has 0 unspecified atom stereocenters. The lowest BCUT2D eigenvalue weighted by Crippen LogP contribution is -1.85. The molecule has 1 aromatic rings. The van der Waals surface area contributed by atoms with E-state index in [9.17, 15) is 9.59 Å². The van der Waals surface area contributed by atoms with E-state index < -0.39 is 5.97 Å². The second-order valence-corrected chi connectivity index (χ2v) is 3.14. The molecule has 0 amide bonds. The van der Waals surface area contributed by atoms with Gasteiger partial charge >= 0.3 is 5.97 Å². The van der Waals surface area contributed by atoms with Crippen molar-refractivity contribution >= 4 is 24.4 Å². The highest BCUT2D eigenvalue weighted by molar-refractivity contribution is 5.85. The topological polar surface area (TPSA) is 54.4 Å². The van der Waals surface area contributed by atoms with Crippen molar-refractivity contribution in [3.63, 3.8) is 0 Å². The summed E-state index contributed by atoms with van der Waals surface area (Å²) in [5, 5.41) is 8.44. The highest BCUT2D eigenvalue weighted by Crippen LogP contribution is 2.07. The molecule has 0 radical (unpaired) electrons. The summed E-state index contributed by atoms with van der Waals surface area (Å²) < 4.78 is 0. The lowest BCUT2D eigenvalue weighted by molar-refractivity contribution is -0.131. The van der Waals surface area contributed by atoms with E-state index in [1.807, 2.05) is 30.3 Å². The maximum atomic E-state index is 10.3. The third kappa shape index (κ3) is 4.37. The standard InChI is InChI=1S/C13H12O3/c14-10-2-1-3-11-4-6-12(7-5-11)8-9-13(15)16/h1,3-10H,2H2,(H,15,16)/b3-1?,9-8+. The van der Waals surface area contributed by atoms with Gasteiger partial charge in [-0.3, -0.25) is 0 Å². The predicted octanol–water partition coefficient (Wildman–Crippen LogP) is 2.39. The summed E-state index contributed by atoms with van der Waals surface area (Å²) in [4.78, 5) is 20.4. The zero-order chi connectivity index (χ0) is 11.8. The molecule has 0 saturated heterocycles. The minimum atomic E-state index is -0.963. The number of carboxylic acid groups (broad SMARTS) is 1. The fourth-order valence-corrected chi connectivity index (χ4v) is 1.15. The summed E-state index contributed by atoms with van der Waals surface area (Å²) in [5.74, 6) is -0.963. The molecule has 1 rings (SSSR count). The second-order valence-electron chi connectivity index (χ2n) is 3.14. The molecule has 0 aliphatic carbocycles. The quantitative estimate of drug-likeness (QED) is 0.607. The Bertz CT molecular complexity index is 413. The molecule has 0 fully saturated rings. The Morgan fingerprint density at radius 1 is 1.12 bits per heavy atom. The van der Waals surface area contributed by atoms with E-state index in [0.29, 0.717) is 6.42 Å². The smallest absolute Gasteiger partial charge is 0.328 e. The molecule has 0 aromatic heterocycles. The van der Waals surface area contributed by atoms with Crippen LogP contribution in [0.4, 0.5) is 0 Å². The fourth-order valence-electron chi connectivity index (χ4n) is 1.15. The van der Waals surface area contributed by atoms with Crippen molar-refractivity contribution in [3.05, 3.63) is 47.5 Å². The van der Waals surface area contributed by atoms with Crippen molar-refractivity contribution in [1.82, 2.24) is 0 Å². The van der Waals surface area contributed by atoms with Gasteiger partial charge in [0.2, 0.25) is 0 Å². The van der Waals surface area contributed by atoms with Gasteiger partial charge in [0.15, 0.2) is 0 Å². The van der Waals surface area contributed by atoms with E-state index >= 15 is 0 Å². The molecule has 1 aromatic carbocycles. The van der Waals surface area contributed by atoms with Crippen LogP contribution in [0.5, 0.6) is 0 Å². The van der Waals surface area contributed by atoms with E-state index in [4.69, 9.17) is 5.11 Å². The maximum absolute atomic E-state index is 10.3. The van der Waals surface area contributed by atoms with E-state index in [1.54, 1.807) is 6.08 Å². The van der Waals surface area contributed by atoms with Crippen LogP contribution in [-0.2, 0) is 9.59 Å². The molecule has 0 saturated carbocycles. The van der Waals surface area contributed by atoms with Crippen LogP contribution in [0, 0.1) is 0 Å². The number of allylic oxidation sites excluding steroid dienone is 1. The van der Waals surface area contributed by atoms with E-state index in [-0.39, 0.29) is 0 Å². The van der Waals surface area contributed by atoms with Crippen LogP contribution < -0.4 is 0 Å². The Kier molecular flexibility index (Phi) is 4.73. The van der Waals surface area contributed by atoms with Crippen molar-refractivity contribution in [3.8, 4) is 0 Å². The van der Waals surface area contributed by atoms with Crippen LogP contribution >= 0.6 is 0 Å². The fraction of sp³-hybridized carbons (Fsp3) is 0.0769. The largest absolute Gasteiger partial charge is 0.478 e. The van der Waals surface area contributed by atoms with Crippen LogP contribution in [0.1, 0.15) is 17.5 Å². The normalized spacial score (nSPS) is 11.0. The number of aldehydes is 1. The molecule has 0 spiro atoms. The highest BCUT2D eigenvalue weighted by atomic mass is 16.4. The van der Waals surface area contributed by atoms with Gasteiger partial charge < -0.3 is 9.90 Å². The van der Waals surface area contributed by atoms with Gasteiger partial charge in [-0.2, -0.15) is 0 Å². The van der Waals surface area contributed by atoms with Gasteiger partial charge in [-0.25, -0.2) is 4.79 Å². The van der Waals surface area contributed by atoms with Crippen molar-refractivity contribution in [1.29, 1.82) is 0 Å². The van der Waals surface area contributed by atoms with Crippen molar-refractivity contribution in [2.75, 3.05) is 0 Å². The van der Waals surface area contributed by atoms with Crippen LogP contribution in [0.2, 0.25) is 0 Å². The number of benzene rings is 1. The molecule has 82 valence electrons. The van der Waals surface area contributed by atoms with Crippen LogP contribution in [-0.4, -0.2) is 17.4 Å². The van der Waals surface area contributed by atoms with Crippen LogP contribution in [0.3, 0.4) is 0 Å². The summed E-state index contributed by atoms with van der Waals surface area (Å²) in [6.45, 7) is 0. The monoisotopic (exact) mass is 216 g/mol. The van der Waals surface area contributed by atoms with Gasteiger partial charge in [-0.05, 0) is 17.2 Å². The second kappa shape index (κ2) is 6.35. The third-order valence-corrected chi connectivity index (χ3v) is 1.90. The van der Waals surface area contributed by atoms with Crippen LogP contribution in [0.15, 0.2) is 36.4 Å². The molecular formula is C13H12O3. The number of hydrogen-bond acceptors (Lipinski definition) is 2. The van der Waals surface area contributed by atoms with E-state index in [2.05, 4.69) is 0 Å². The summed E-state index contributed by atoms with van der Waals surface area (Å²) in [6, 6.07) is 7.37. The summed E-state index contributed by atoms with van der Waals surface area (Å²) in [7, 11) is 0. The number of carbonyl (C=O) groups excluding carboxylic acids is 1. The summed E-state index contributed by atoms with van der Waals surface area (Å²) >= 11 is 0. The molecular weight excluding hydrogens is 204 g/mol. The molecule has 3 heteroatoms. The Morgan fingerprint density at radius 3 is 2.19 bits per heavy atom. The van der Waals surface area contributed by atoms with Gasteiger partial charge in [-0.15, -0.1) is 0 Å². The number of carboxylic acids is 1. The molecule has 0 bridgehead atoms. The first-order valence-corrected chi connectivity index (χ1v) is 4.83. The molecule has 0 aliphatic rings. The minimum Gasteiger partial charge on any atom is -0.478 e. The van der Waals surface area contributed by atoms with Gasteiger partial charge in [0.05, 0.1) is 0 Å². The van der Waals surface area contributed by atoms with Crippen molar-refractivity contribution < 1.29 is 14.7 Å². The Hall–Kier alpha value is -2.16. The van der Waals surface area contributed by atoms with Gasteiger partial charge in [0.25, 0.3) is 0 Å². The number of aliphatic carboxylic acids is 1. The van der Waals surface area contributed by atoms with Gasteiger partial charge in [-0.1, -0.05) is 36.4 Å². The summed E-state index contributed by atoms with van der Waals surface area (Å²) in [5.41, 5.74) is 1.81. The molecule has 3 nitrogen and oxygen atoms in total. The SMILES string of the molecule is O=CCC=Cc1ccc(/C=C/C(=O)O)cc1. The lowest BCUT2D eigenvalue weighted by atomic mass is 10.1. The van der Waals surface area contributed by atoms with E-state index in [1.165, 1.54) is 6.08 Å². The first kappa shape index (κ1) is 11.9. The number of rotatable bonds is 5. The third-order valence-electron chi connectivity index (χ3n) is 1.90. The summed E-state index contributed by atoms with van der Waals surface area (Å²) in [6.07, 6.45) is 7.48. The van der Waals surface area contributed by atoms with Gasteiger partial charge in [0.1, 0.15) is 6.29 Å². The average Bonchev–Trinajstić information content (AvgIpc) is 2.28. The first-order chi connectivity index (χ1) is 7.72. The van der Waals surface area contributed by atoms with Gasteiger partial charge in [0, 0.05) is 12.5 Å². The molecule has 0 heterocycles. The highest BCUT2D eigenvalue weighted by Gasteiger charge is 1.90. The zero-order valence-corrected chi connectivity index (χ0v) is 8.67. The lowest BCUT2D eigenvalue weighted by Gasteiger charge is -1.95. The molecule has 1 N–H and O–H groups in total. The minimum absolute atomic E-state index is 0.403. The van der Waals surface area contributed by atoms with Crippen LogP contribution in [0.25, 0.3) is 12.2 Å². The molecule has 16 heavy (non-hydrogen) atoms.